The first-order valence-corrected chi connectivity index (χ1v) is 9.19. The van der Waals surface area contributed by atoms with Crippen LogP contribution in [0.5, 0.6) is 0 Å². The Balaban J connectivity index is 2.68. The van der Waals surface area contributed by atoms with Gasteiger partial charge in [-0.1, -0.05) is 52.2 Å². The summed E-state index contributed by atoms with van der Waals surface area (Å²) < 4.78 is 26.9. The number of benzene rings is 1. The summed E-state index contributed by atoms with van der Waals surface area (Å²) >= 11 is 0. The van der Waals surface area contributed by atoms with Crippen molar-refractivity contribution in [2.75, 3.05) is 6.54 Å². The van der Waals surface area contributed by atoms with Gasteiger partial charge >= 0.3 is 0 Å². The number of hydrogen-bond donors (Lipinski definition) is 2. The van der Waals surface area contributed by atoms with Crippen LogP contribution in [0.15, 0.2) is 29.2 Å². The number of hydrogen-bond acceptors (Lipinski definition) is 3. The predicted octanol–water partition coefficient (Wildman–Crippen LogP) is 2.71. The molecule has 4 nitrogen and oxygen atoms in total. The fourth-order valence-electron chi connectivity index (χ4n) is 2.40. The molecule has 0 aliphatic heterocycles. The summed E-state index contributed by atoms with van der Waals surface area (Å²) in [5.41, 5.74) is 1.13. The van der Waals surface area contributed by atoms with Gasteiger partial charge in [0.1, 0.15) is 0 Å². The second-order valence-electron chi connectivity index (χ2n) is 5.39. The molecule has 1 aromatic carbocycles. The predicted molar refractivity (Wildman–Crippen MR) is 85.7 cm³/mol. The first-order chi connectivity index (χ1) is 9.94. The van der Waals surface area contributed by atoms with Gasteiger partial charge in [0.25, 0.3) is 0 Å². The van der Waals surface area contributed by atoms with Crippen LogP contribution in [0.1, 0.15) is 45.6 Å². The van der Waals surface area contributed by atoms with E-state index in [4.69, 9.17) is 0 Å². The molecule has 0 fully saturated rings. The lowest BCUT2D eigenvalue weighted by molar-refractivity contribution is 0.107. The van der Waals surface area contributed by atoms with Crippen LogP contribution in [-0.2, 0) is 16.4 Å². The van der Waals surface area contributed by atoms with Crippen LogP contribution in [0.2, 0.25) is 0 Å². The number of aryl methyl sites for hydroxylation is 1. The molecule has 0 aliphatic rings. The Hall–Kier alpha value is -0.910. The number of nitrogens with one attached hydrogen (secondary N) is 1. The van der Waals surface area contributed by atoms with Gasteiger partial charge in [-0.05, 0) is 30.0 Å². The Labute approximate surface area is 128 Å². The molecule has 0 heterocycles. The molecule has 0 spiro atoms. The van der Waals surface area contributed by atoms with Crippen LogP contribution in [0.3, 0.4) is 0 Å². The quantitative estimate of drug-likeness (QED) is 0.736. The fourth-order valence-corrected chi connectivity index (χ4v) is 3.45. The third-order valence-electron chi connectivity index (χ3n) is 3.85. The minimum absolute atomic E-state index is 0.0609. The maximum Gasteiger partial charge on any atom is 0.240 e. The third-order valence-corrected chi connectivity index (χ3v) is 5.29. The van der Waals surface area contributed by atoms with Crippen LogP contribution in [-0.4, -0.2) is 26.2 Å². The molecule has 0 saturated carbocycles. The van der Waals surface area contributed by atoms with Gasteiger partial charge in [-0.3, -0.25) is 0 Å². The molecule has 1 atom stereocenters. The van der Waals surface area contributed by atoms with Crippen LogP contribution >= 0.6 is 0 Å². The van der Waals surface area contributed by atoms with E-state index in [0.717, 1.165) is 31.2 Å². The van der Waals surface area contributed by atoms with Crippen LogP contribution in [0.4, 0.5) is 0 Å². The van der Waals surface area contributed by atoms with Crippen LogP contribution in [0, 0.1) is 5.92 Å². The molecule has 0 aliphatic carbocycles. The first-order valence-electron chi connectivity index (χ1n) is 7.71. The lowest BCUT2D eigenvalue weighted by Gasteiger charge is -2.20. The van der Waals surface area contributed by atoms with E-state index in [1.165, 1.54) is 0 Å². The molecule has 0 aromatic heterocycles. The lowest BCUT2D eigenvalue weighted by Crippen LogP contribution is -2.36. The Morgan fingerprint density at radius 1 is 1.10 bits per heavy atom. The smallest absolute Gasteiger partial charge is 0.240 e. The molecule has 0 bridgehead atoms. The molecule has 5 heteroatoms. The molecule has 0 amide bonds. The van der Waals surface area contributed by atoms with Crippen molar-refractivity contribution in [1.82, 2.24) is 4.72 Å². The van der Waals surface area contributed by atoms with E-state index in [1.54, 1.807) is 12.1 Å². The van der Waals surface area contributed by atoms with Gasteiger partial charge in [0.05, 0.1) is 11.0 Å². The molecular weight excluding hydrogens is 286 g/mol. The van der Waals surface area contributed by atoms with Gasteiger partial charge in [0.15, 0.2) is 0 Å². The zero-order chi connectivity index (χ0) is 15.9. The Morgan fingerprint density at radius 2 is 1.67 bits per heavy atom. The molecule has 1 aromatic rings. The standard InChI is InChI=1S/C16H27NO3S/c1-4-7-13-8-10-15(11-9-13)21(19,20)17-12-16(18)14(5-2)6-3/h8-11,14,16-18H,4-7,12H2,1-3H3. The summed E-state index contributed by atoms with van der Waals surface area (Å²) in [6.45, 7) is 6.15. The summed E-state index contributed by atoms with van der Waals surface area (Å²) in [4.78, 5) is 0.249. The number of aliphatic hydroxyl groups excluding tert-OH is 1. The van der Waals surface area contributed by atoms with E-state index in [9.17, 15) is 13.5 Å². The van der Waals surface area contributed by atoms with Crippen LogP contribution < -0.4 is 4.72 Å². The fraction of sp³-hybridized carbons (Fsp3) is 0.625. The maximum atomic E-state index is 12.2. The maximum absolute atomic E-state index is 12.2. The van der Waals surface area contributed by atoms with E-state index < -0.39 is 16.1 Å². The third kappa shape index (κ3) is 5.41. The summed E-state index contributed by atoms with van der Waals surface area (Å²) in [6.07, 6.45) is 3.01. The minimum Gasteiger partial charge on any atom is -0.391 e. The van der Waals surface area contributed by atoms with Crippen molar-refractivity contribution in [2.24, 2.45) is 5.92 Å². The molecule has 2 N–H and O–H groups in total. The van der Waals surface area contributed by atoms with Crippen molar-refractivity contribution in [3.05, 3.63) is 29.8 Å². The molecule has 1 unspecified atom stereocenters. The minimum atomic E-state index is -3.55. The Bertz CT molecular complexity index is 507. The number of rotatable bonds is 9. The van der Waals surface area contributed by atoms with Crippen molar-refractivity contribution in [3.8, 4) is 0 Å². The van der Waals surface area contributed by atoms with Crippen molar-refractivity contribution < 1.29 is 13.5 Å². The monoisotopic (exact) mass is 313 g/mol. The Kier molecular flexibility index (Phi) is 7.35. The Morgan fingerprint density at radius 3 is 2.14 bits per heavy atom. The SMILES string of the molecule is CCCc1ccc(S(=O)(=O)NCC(O)C(CC)CC)cc1. The second kappa shape index (κ2) is 8.51. The highest BCUT2D eigenvalue weighted by Crippen LogP contribution is 2.15. The topological polar surface area (TPSA) is 66.4 Å². The summed E-state index contributed by atoms with van der Waals surface area (Å²) in [6, 6.07) is 6.93. The number of aliphatic hydroxyl groups is 1. The number of sulfonamides is 1. The van der Waals surface area contributed by atoms with Gasteiger partial charge in [-0.2, -0.15) is 0 Å². The highest BCUT2D eigenvalue weighted by Gasteiger charge is 2.20. The molecule has 120 valence electrons. The molecule has 1 rings (SSSR count). The molecule has 21 heavy (non-hydrogen) atoms. The largest absolute Gasteiger partial charge is 0.391 e. The van der Waals surface area contributed by atoms with E-state index in [1.807, 2.05) is 26.0 Å². The lowest BCUT2D eigenvalue weighted by atomic mass is 9.97. The normalized spacial score (nSPS) is 13.6. The van der Waals surface area contributed by atoms with E-state index >= 15 is 0 Å². The van der Waals surface area contributed by atoms with E-state index in [0.29, 0.717) is 0 Å². The highest BCUT2D eigenvalue weighted by atomic mass is 32.2. The van der Waals surface area contributed by atoms with Gasteiger partial charge < -0.3 is 5.11 Å². The van der Waals surface area contributed by atoms with Crippen molar-refractivity contribution in [1.29, 1.82) is 0 Å². The first kappa shape index (κ1) is 18.1. The van der Waals surface area contributed by atoms with Gasteiger partial charge in [-0.25, -0.2) is 13.1 Å². The highest BCUT2D eigenvalue weighted by molar-refractivity contribution is 7.89. The molecular formula is C16H27NO3S. The van der Waals surface area contributed by atoms with Gasteiger partial charge in [0, 0.05) is 6.54 Å². The molecule has 0 radical (unpaired) electrons. The second-order valence-corrected chi connectivity index (χ2v) is 7.16. The average Bonchev–Trinajstić information content (AvgIpc) is 2.47. The molecule has 0 saturated heterocycles. The van der Waals surface area contributed by atoms with Crippen molar-refractivity contribution >= 4 is 10.0 Å². The van der Waals surface area contributed by atoms with Crippen LogP contribution in [0.25, 0.3) is 0 Å². The van der Waals surface area contributed by atoms with Gasteiger partial charge in [0.2, 0.25) is 10.0 Å². The zero-order valence-electron chi connectivity index (χ0n) is 13.2. The summed E-state index contributed by atoms with van der Waals surface area (Å²) in [7, 11) is -3.55. The zero-order valence-corrected chi connectivity index (χ0v) is 14.0. The average molecular weight is 313 g/mol. The van der Waals surface area contributed by atoms with Crippen molar-refractivity contribution in [2.45, 2.75) is 57.5 Å². The summed E-state index contributed by atoms with van der Waals surface area (Å²) in [5.74, 6) is 0.125. The van der Waals surface area contributed by atoms with Gasteiger partial charge in [-0.15, -0.1) is 0 Å². The van der Waals surface area contributed by atoms with E-state index in [2.05, 4.69) is 11.6 Å². The van der Waals surface area contributed by atoms with E-state index in [-0.39, 0.29) is 17.4 Å². The van der Waals surface area contributed by atoms with Crippen molar-refractivity contribution in [3.63, 3.8) is 0 Å². The summed E-state index contributed by atoms with van der Waals surface area (Å²) in [5, 5.41) is 10.0.